The van der Waals surface area contributed by atoms with Crippen LogP contribution in [0.1, 0.15) is 11.4 Å². The van der Waals surface area contributed by atoms with Gasteiger partial charge in [-0.3, -0.25) is 0 Å². The van der Waals surface area contributed by atoms with E-state index in [1.54, 1.807) is 24.3 Å². The van der Waals surface area contributed by atoms with Crippen molar-refractivity contribution in [3.63, 3.8) is 0 Å². The molecule has 0 saturated heterocycles. The van der Waals surface area contributed by atoms with E-state index in [9.17, 15) is 13.2 Å². The molecule has 4 rings (SSSR count). The van der Waals surface area contributed by atoms with Crippen LogP contribution in [0.15, 0.2) is 72.8 Å². The summed E-state index contributed by atoms with van der Waals surface area (Å²) in [5.74, 6) is 1.88. The Bertz CT molecular complexity index is 1160. The van der Waals surface area contributed by atoms with Crippen LogP contribution < -0.4 is 10.1 Å². The van der Waals surface area contributed by atoms with E-state index >= 15 is 0 Å². The van der Waals surface area contributed by atoms with E-state index in [0.29, 0.717) is 17.4 Å². The zero-order valence-corrected chi connectivity index (χ0v) is 15.4. The number of benzene rings is 3. The molecule has 7 heteroatoms. The highest BCUT2D eigenvalue weighted by atomic mass is 19.4. The molecule has 0 radical (unpaired) electrons. The molecule has 0 amide bonds. The minimum Gasteiger partial charge on any atom is -0.457 e. The largest absolute Gasteiger partial charge is 0.457 e. The van der Waals surface area contributed by atoms with Crippen molar-refractivity contribution >= 4 is 22.4 Å². The number of fused-ring (bicyclic) bond motifs is 1. The zero-order chi connectivity index (χ0) is 20.4. The van der Waals surface area contributed by atoms with E-state index in [4.69, 9.17) is 4.74 Å². The number of ether oxygens (including phenoxy) is 1. The van der Waals surface area contributed by atoms with E-state index in [1.165, 1.54) is 12.1 Å². The molecule has 0 aliphatic rings. The average molecular weight is 395 g/mol. The number of rotatable bonds is 4. The number of hydrogen-bond acceptors (Lipinski definition) is 4. The molecule has 29 heavy (non-hydrogen) atoms. The Hall–Kier alpha value is -3.61. The van der Waals surface area contributed by atoms with Crippen molar-refractivity contribution in [1.82, 2.24) is 9.97 Å². The summed E-state index contributed by atoms with van der Waals surface area (Å²) in [5.41, 5.74) is 0.857. The standard InChI is InChI=1S/C22H16F3N3O/c1-14-26-20-8-3-2-7-19(20)21(27-14)28-16-9-11-17(12-10-16)29-18-6-4-5-15(13-18)22(23,24)25/h2-13H,1H3,(H,26,27,28). The molecular weight excluding hydrogens is 379 g/mol. The molecule has 4 nitrogen and oxygen atoms in total. The summed E-state index contributed by atoms with van der Waals surface area (Å²) in [5, 5.41) is 4.14. The van der Waals surface area contributed by atoms with Gasteiger partial charge in [0.05, 0.1) is 11.1 Å². The fourth-order valence-corrected chi connectivity index (χ4v) is 2.90. The molecule has 0 saturated carbocycles. The molecular formula is C22H16F3N3O. The van der Waals surface area contributed by atoms with E-state index in [1.807, 2.05) is 31.2 Å². The summed E-state index contributed by atoms with van der Waals surface area (Å²) < 4.78 is 44.1. The number of anilines is 2. The quantitative estimate of drug-likeness (QED) is 0.429. The van der Waals surface area contributed by atoms with Crippen LogP contribution in [-0.4, -0.2) is 9.97 Å². The number of nitrogens with zero attached hydrogens (tertiary/aromatic N) is 2. The van der Waals surface area contributed by atoms with Gasteiger partial charge in [0, 0.05) is 11.1 Å². The van der Waals surface area contributed by atoms with Gasteiger partial charge in [0.2, 0.25) is 0 Å². The molecule has 0 atom stereocenters. The number of para-hydroxylation sites is 1. The van der Waals surface area contributed by atoms with E-state index < -0.39 is 11.7 Å². The summed E-state index contributed by atoms with van der Waals surface area (Å²) in [7, 11) is 0. The van der Waals surface area contributed by atoms with Gasteiger partial charge in [0.15, 0.2) is 0 Å². The highest BCUT2D eigenvalue weighted by molar-refractivity contribution is 5.90. The third kappa shape index (κ3) is 4.29. The number of alkyl halides is 3. The van der Waals surface area contributed by atoms with Crippen LogP contribution in [0.4, 0.5) is 24.7 Å². The first-order chi connectivity index (χ1) is 13.9. The van der Waals surface area contributed by atoms with Gasteiger partial charge in [-0.1, -0.05) is 18.2 Å². The van der Waals surface area contributed by atoms with Crippen LogP contribution in [0.25, 0.3) is 10.9 Å². The molecule has 0 unspecified atom stereocenters. The molecule has 4 aromatic rings. The van der Waals surface area contributed by atoms with Crippen LogP contribution >= 0.6 is 0 Å². The Morgan fingerprint density at radius 1 is 0.828 bits per heavy atom. The molecule has 1 heterocycles. The molecule has 1 N–H and O–H groups in total. The van der Waals surface area contributed by atoms with Crippen molar-refractivity contribution < 1.29 is 17.9 Å². The van der Waals surface area contributed by atoms with Gasteiger partial charge >= 0.3 is 6.18 Å². The highest BCUT2D eigenvalue weighted by Crippen LogP contribution is 2.33. The predicted molar refractivity (Wildman–Crippen MR) is 106 cm³/mol. The number of aryl methyl sites for hydroxylation is 1. The van der Waals surface area contributed by atoms with Gasteiger partial charge in [0.25, 0.3) is 0 Å². The Labute approximate surface area is 165 Å². The lowest BCUT2D eigenvalue weighted by molar-refractivity contribution is -0.137. The molecule has 3 aromatic carbocycles. The number of hydrogen-bond donors (Lipinski definition) is 1. The van der Waals surface area contributed by atoms with Crippen LogP contribution in [0, 0.1) is 6.92 Å². The van der Waals surface area contributed by atoms with Crippen LogP contribution in [0.3, 0.4) is 0 Å². The maximum Gasteiger partial charge on any atom is 0.416 e. The zero-order valence-electron chi connectivity index (χ0n) is 15.4. The van der Waals surface area contributed by atoms with Crippen molar-refractivity contribution in [1.29, 1.82) is 0 Å². The van der Waals surface area contributed by atoms with Crippen LogP contribution in [0.5, 0.6) is 11.5 Å². The Balaban J connectivity index is 1.54. The number of nitrogens with one attached hydrogen (secondary N) is 1. The first-order valence-electron chi connectivity index (χ1n) is 8.84. The maximum absolute atomic E-state index is 12.8. The summed E-state index contributed by atoms with van der Waals surface area (Å²) in [6.45, 7) is 1.82. The average Bonchev–Trinajstić information content (AvgIpc) is 2.69. The molecule has 0 bridgehead atoms. The van der Waals surface area contributed by atoms with Gasteiger partial charge in [-0.05, 0) is 61.5 Å². The second-order valence-corrected chi connectivity index (χ2v) is 6.41. The lowest BCUT2D eigenvalue weighted by Gasteiger charge is -2.12. The van der Waals surface area contributed by atoms with Crippen LogP contribution in [-0.2, 0) is 6.18 Å². The fraction of sp³-hybridized carbons (Fsp3) is 0.0909. The molecule has 0 spiro atoms. The van der Waals surface area contributed by atoms with Gasteiger partial charge in [-0.2, -0.15) is 13.2 Å². The number of halogens is 3. The molecule has 1 aromatic heterocycles. The van der Waals surface area contributed by atoms with Crippen LogP contribution in [0.2, 0.25) is 0 Å². The summed E-state index contributed by atoms with van der Waals surface area (Å²) in [4.78, 5) is 8.87. The molecule has 146 valence electrons. The van der Waals surface area contributed by atoms with Crippen molar-refractivity contribution in [3.05, 3.63) is 84.2 Å². The van der Waals surface area contributed by atoms with Gasteiger partial charge in [0.1, 0.15) is 23.1 Å². The van der Waals surface area contributed by atoms with Crippen molar-refractivity contribution in [2.75, 3.05) is 5.32 Å². The topological polar surface area (TPSA) is 47.0 Å². The summed E-state index contributed by atoms with van der Waals surface area (Å²) >= 11 is 0. The Morgan fingerprint density at radius 3 is 2.34 bits per heavy atom. The summed E-state index contributed by atoms with van der Waals surface area (Å²) in [6.07, 6.45) is -4.41. The minimum absolute atomic E-state index is 0.123. The first-order valence-corrected chi connectivity index (χ1v) is 8.84. The van der Waals surface area contributed by atoms with Gasteiger partial charge < -0.3 is 10.1 Å². The minimum atomic E-state index is -4.41. The lowest BCUT2D eigenvalue weighted by atomic mass is 10.2. The predicted octanol–water partition coefficient (Wildman–Crippen LogP) is 6.49. The second kappa shape index (κ2) is 7.43. The molecule has 0 fully saturated rings. The van der Waals surface area contributed by atoms with E-state index in [0.717, 1.165) is 28.7 Å². The van der Waals surface area contributed by atoms with E-state index in [-0.39, 0.29) is 5.75 Å². The monoisotopic (exact) mass is 395 g/mol. The normalized spacial score (nSPS) is 11.4. The Kier molecular flexibility index (Phi) is 4.80. The smallest absolute Gasteiger partial charge is 0.416 e. The van der Waals surface area contributed by atoms with Gasteiger partial charge in [-0.25, -0.2) is 9.97 Å². The second-order valence-electron chi connectivity index (χ2n) is 6.41. The van der Waals surface area contributed by atoms with Crippen molar-refractivity contribution in [2.45, 2.75) is 13.1 Å². The molecule has 0 aliphatic heterocycles. The lowest BCUT2D eigenvalue weighted by Crippen LogP contribution is -2.04. The third-order valence-electron chi connectivity index (χ3n) is 4.23. The summed E-state index contributed by atoms with van der Waals surface area (Å²) in [6, 6.07) is 19.4. The van der Waals surface area contributed by atoms with Crippen molar-refractivity contribution in [2.24, 2.45) is 0 Å². The highest BCUT2D eigenvalue weighted by Gasteiger charge is 2.30. The Morgan fingerprint density at radius 2 is 1.59 bits per heavy atom. The van der Waals surface area contributed by atoms with E-state index in [2.05, 4.69) is 15.3 Å². The fourth-order valence-electron chi connectivity index (χ4n) is 2.90. The SMILES string of the molecule is Cc1nc(Nc2ccc(Oc3cccc(C(F)(F)F)c3)cc2)c2ccccc2n1. The van der Waals surface area contributed by atoms with Crippen molar-refractivity contribution in [3.8, 4) is 11.5 Å². The van der Waals surface area contributed by atoms with Gasteiger partial charge in [-0.15, -0.1) is 0 Å². The third-order valence-corrected chi connectivity index (χ3v) is 4.23. The number of aromatic nitrogens is 2. The first kappa shape index (κ1) is 18.7. The maximum atomic E-state index is 12.8. The molecule has 0 aliphatic carbocycles.